The van der Waals surface area contributed by atoms with Gasteiger partial charge in [-0.25, -0.2) is 4.79 Å². The third kappa shape index (κ3) is 39.0. The summed E-state index contributed by atoms with van der Waals surface area (Å²) < 4.78 is 28.3. The lowest BCUT2D eigenvalue weighted by molar-refractivity contribution is -0.301. The van der Waals surface area contributed by atoms with Crippen LogP contribution in [0.15, 0.2) is 85.1 Å². The Balaban J connectivity index is 2.71. The molecule has 12 nitrogen and oxygen atoms in total. The minimum atomic E-state index is -1.92. The molecular weight excluding hydrogens is 925 g/mol. The Morgan fingerprint density at radius 1 is 0.466 bits per heavy atom. The van der Waals surface area contributed by atoms with Crippen LogP contribution in [0.1, 0.15) is 226 Å². The molecule has 1 rings (SSSR count). The molecule has 0 radical (unpaired) electrons. The Morgan fingerprint density at radius 2 is 0.904 bits per heavy atom. The summed E-state index contributed by atoms with van der Waals surface area (Å²) in [6.45, 7) is 5.72. The standard InChI is InChI=1S/C61H100O12/c1-4-7-10-13-16-19-22-24-25-26-27-28-29-31-33-35-38-41-44-47-53(62)69-50-52(71-54(63)48-45-42-39-37-34-30-23-20-17-14-11-8-5-2)51-70-61-59(57(66)56(65)58(73-61)60(67)68)72-55(64)49-46-43-40-36-32-21-18-15-12-9-6-3/h8,11,15-20,24-25,30,34,39,42,52,56-59,61,65-66H,4-7,9-10,12-14,21-23,26-29,31-33,35-38,40-41,43-51H2,1-3H3,(H,67,68)/b11-8-,18-15-,19-16-,20-17-,25-24-,34-30-,42-39-. The molecule has 0 saturated carbocycles. The molecule has 73 heavy (non-hydrogen) atoms. The summed E-state index contributed by atoms with van der Waals surface area (Å²) in [6.07, 6.45) is 50.1. The monoisotopic (exact) mass is 1020 g/mol. The minimum Gasteiger partial charge on any atom is -0.479 e. The lowest BCUT2D eigenvalue weighted by Gasteiger charge is -2.40. The van der Waals surface area contributed by atoms with Crippen molar-refractivity contribution in [3.63, 3.8) is 0 Å². The van der Waals surface area contributed by atoms with Crippen molar-refractivity contribution in [2.45, 2.75) is 263 Å². The SMILES string of the molecule is CC/C=C\C/C=C\C/C=C\C/C=C\CCC(=O)OC(COC(=O)CCCCCCCCCCC/C=C\C/C=C\CCCCC)COC1OC(C(=O)O)C(O)C(O)C1OC(=O)CCCCCCC/C=C\CCCC. The topological polar surface area (TPSA) is 175 Å². The van der Waals surface area contributed by atoms with Gasteiger partial charge in [0, 0.05) is 19.3 Å². The van der Waals surface area contributed by atoms with Gasteiger partial charge in [-0.1, -0.05) is 196 Å². The van der Waals surface area contributed by atoms with E-state index in [2.05, 4.69) is 93.7 Å². The third-order valence-corrected chi connectivity index (χ3v) is 12.4. The molecule has 6 atom stereocenters. The number of esters is 3. The molecule has 0 aromatic heterocycles. The van der Waals surface area contributed by atoms with Crippen molar-refractivity contribution in [1.82, 2.24) is 0 Å². The summed E-state index contributed by atoms with van der Waals surface area (Å²) in [6, 6.07) is 0. The van der Waals surface area contributed by atoms with E-state index in [4.69, 9.17) is 23.7 Å². The lowest BCUT2D eigenvalue weighted by atomic mass is 9.98. The molecule has 1 heterocycles. The van der Waals surface area contributed by atoms with Crippen molar-refractivity contribution >= 4 is 23.9 Å². The molecule has 0 bridgehead atoms. The highest BCUT2D eigenvalue weighted by Crippen LogP contribution is 2.26. The van der Waals surface area contributed by atoms with Crippen LogP contribution in [0, 0.1) is 0 Å². The average molecular weight is 1030 g/mol. The van der Waals surface area contributed by atoms with Gasteiger partial charge in [-0.3, -0.25) is 14.4 Å². The fourth-order valence-corrected chi connectivity index (χ4v) is 8.04. The van der Waals surface area contributed by atoms with Gasteiger partial charge in [0.15, 0.2) is 24.6 Å². The zero-order valence-electron chi connectivity index (χ0n) is 45.6. The van der Waals surface area contributed by atoms with Crippen molar-refractivity contribution in [1.29, 1.82) is 0 Å². The number of aliphatic hydroxyl groups is 2. The van der Waals surface area contributed by atoms with Crippen LogP contribution < -0.4 is 0 Å². The molecule has 1 fully saturated rings. The van der Waals surface area contributed by atoms with E-state index in [-0.39, 0.29) is 25.9 Å². The number of aliphatic hydroxyl groups excluding tert-OH is 2. The molecule has 3 N–H and O–H groups in total. The van der Waals surface area contributed by atoms with Crippen LogP contribution in [0.5, 0.6) is 0 Å². The number of hydrogen-bond acceptors (Lipinski definition) is 11. The molecule has 0 aliphatic carbocycles. The van der Waals surface area contributed by atoms with E-state index in [0.717, 1.165) is 89.9 Å². The number of carbonyl (C=O) groups is 4. The molecule has 12 heteroatoms. The van der Waals surface area contributed by atoms with Crippen molar-refractivity contribution in [3.05, 3.63) is 85.1 Å². The van der Waals surface area contributed by atoms with Crippen molar-refractivity contribution < 1.29 is 58.2 Å². The molecule has 416 valence electrons. The summed E-state index contributed by atoms with van der Waals surface area (Å²) in [5, 5.41) is 31.4. The van der Waals surface area contributed by atoms with Crippen LogP contribution in [-0.2, 0) is 42.9 Å². The second-order valence-corrected chi connectivity index (χ2v) is 19.2. The Labute approximate surface area is 441 Å². The number of unbranched alkanes of at least 4 members (excludes halogenated alkanes) is 19. The fraction of sp³-hybridized carbons (Fsp3) is 0.705. The summed E-state index contributed by atoms with van der Waals surface area (Å²) in [7, 11) is 0. The summed E-state index contributed by atoms with van der Waals surface area (Å²) in [5.74, 6) is -3.25. The van der Waals surface area contributed by atoms with Gasteiger partial charge in [0.05, 0.1) is 6.61 Å². The highest BCUT2D eigenvalue weighted by molar-refractivity contribution is 5.74. The molecule has 1 aliphatic rings. The van der Waals surface area contributed by atoms with E-state index < -0.39 is 67.3 Å². The first-order valence-corrected chi connectivity index (χ1v) is 28.6. The van der Waals surface area contributed by atoms with E-state index >= 15 is 0 Å². The van der Waals surface area contributed by atoms with Crippen LogP contribution in [0.2, 0.25) is 0 Å². The number of carboxylic acids is 1. The highest BCUT2D eigenvalue weighted by atomic mass is 16.7. The molecular formula is C61H100O12. The number of carbonyl (C=O) groups excluding carboxylic acids is 3. The first-order valence-electron chi connectivity index (χ1n) is 28.6. The zero-order valence-corrected chi connectivity index (χ0v) is 45.6. The van der Waals surface area contributed by atoms with Crippen LogP contribution in [-0.4, -0.2) is 89.2 Å². The fourth-order valence-electron chi connectivity index (χ4n) is 8.04. The maximum Gasteiger partial charge on any atom is 0.335 e. The Hall–Kier alpha value is -4.10. The van der Waals surface area contributed by atoms with Gasteiger partial charge in [-0.2, -0.15) is 0 Å². The van der Waals surface area contributed by atoms with Gasteiger partial charge in [0.25, 0.3) is 0 Å². The van der Waals surface area contributed by atoms with Crippen molar-refractivity contribution in [2.75, 3.05) is 13.2 Å². The number of rotatable bonds is 47. The van der Waals surface area contributed by atoms with Gasteiger partial charge < -0.3 is 39.0 Å². The average Bonchev–Trinajstić information content (AvgIpc) is 3.37. The minimum absolute atomic E-state index is 0.0373. The first-order chi connectivity index (χ1) is 35.6. The maximum atomic E-state index is 13.1. The second kappa shape index (κ2) is 48.8. The van der Waals surface area contributed by atoms with Crippen LogP contribution >= 0.6 is 0 Å². The molecule has 0 aromatic carbocycles. The quantitative estimate of drug-likeness (QED) is 0.0228. The predicted octanol–water partition coefficient (Wildman–Crippen LogP) is 14.3. The third-order valence-electron chi connectivity index (χ3n) is 12.4. The molecule has 0 aromatic rings. The number of ether oxygens (including phenoxy) is 5. The highest BCUT2D eigenvalue weighted by Gasteiger charge is 2.50. The smallest absolute Gasteiger partial charge is 0.335 e. The second-order valence-electron chi connectivity index (χ2n) is 19.2. The number of allylic oxidation sites excluding steroid dienone is 14. The normalized spacial score (nSPS) is 18.9. The van der Waals surface area contributed by atoms with Crippen LogP contribution in [0.25, 0.3) is 0 Å². The van der Waals surface area contributed by atoms with E-state index in [1.54, 1.807) is 0 Å². The maximum absolute atomic E-state index is 13.1. The summed E-state index contributed by atoms with van der Waals surface area (Å²) in [5.41, 5.74) is 0. The van der Waals surface area contributed by atoms with E-state index in [0.29, 0.717) is 25.7 Å². The molecule has 1 aliphatic heterocycles. The van der Waals surface area contributed by atoms with Gasteiger partial charge in [-0.15, -0.1) is 0 Å². The molecule has 1 saturated heterocycles. The van der Waals surface area contributed by atoms with E-state index in [1.165, 1.54) is 70.6 Å². The predicted molar refractivity (Wildman–Crippen MR) is 294 cm³/mol. The Morgan fingerprint density at radius 3 is 1.42 bits per heavy atom. The van der Waals surface area contributed by atoms with Crippen LogP contribution in [0.4, 0.5) is 0 Å². The van der Waals surface area contributed by atoms with Crippen LogP contribution in [0.3, 0.4) is 0 Å². The van der Waals surface area contributed by atoms with E-state index in [9.17, 15) is 34.5 Å². The Kier molecular flexibility index (Phi) is 44.7. The number of aliphatic carboxylic acids is 1. The zero-order chi connectivity index (χ0) is 53.3. The molecule has 6 unspecified atom stereocenters. The lowest BCUT2D eigenvalue weighted by Crippen LogP contribution is -2.61. The number of hydrogen-bond donors (Lipinski definition) is 3. The molecule has 0 spiro atoms. The Bertz CT molecular complexity index is 1590. The summed E-state index contributed by atoms with van der Waals surface area (Å²) in [4.78, 5) is 50.9. The first kappa shape index (κ1) is 66.9. The van der Waals surface area contributed by atoms with Gasteiger partial charge >= 0.3 is 23.9 Å². The summed E-state index contributed by atoms with van der Waals surface area (Å²) >= 11 is 0. The van der Waals surface area contributed by atoms with Crippen molar-refractivity contribution in [2.24, 2.45) is 0 Å². The van der Waals surface area contributed by atoms with Gasteiger partial charge in [-0.05, 0) is 96.3 Å². The molecule has 0 amide bonds. The largest absolute Gasteiger partial charge is 0.479 e. The van der Waals surface area contributed by atoms with Gasteiger partial charge in [0.1, 0.15) is 18.8 Å². The van der Waals surface area contributed by atoms with Gasteiger partial charge in [0.2, 0.25) is 0 Å². The number of carboxylic acid groups (broad SMARTS) is 1. The van der Waals surface area contributed by atoms with Crippen molar-refractivity contribution in [3.8, 4) is 0 Å². The van der Waals surface area contributed by atoms with E-state index in [1.807, 2.05) is 12.2 Å².